The molecule has 0 radical (unpaired) electrons. The van der Waals surface area contributed by atoms with Gasteiger partial charge in [-0.2, -0.15) is 0 Å². The second-order valence-electron chi connectivity index (χ2n) is 6.35. The van der Waals surface area contributed by atoms with Crippen LogP contribution < -0.4 is 16.3 Å². The summed E-state index contributed by atoms with van der Waals surface area (Å²) >= 11 is 0. The number of amides is 2. The normalized spacial score (nSPS) is 15.9. The summed E-state index contributed by atoms with van der Waals surface area (Å²) in [5, 5.41) is 5.40. The van der Waals surface area contributed by atoms with Crippen molar-refractivity contribution in [3.05, 3.63) is 34.2 Å². The Kier molecular flexibility index (Phi) is 4.53. The molecule has 128 valence electrons. The van der Waals surface area contributed by atoms with Crippen LogP contribution in [0.2, 0.25) is 0 Å². The number of carbonyl (C=O) groups is 2. The van der Waals surface area contributed by atoms with Crippen molar-refractivity contribution in [3.63, 3.8) is 0 Å². The lowest BCUT2D eigenvalue weighted by molar-refractivity contribution is -0.125. The van der Waals surface area contributed by atoms with Crippen molar-refractivity contribution >= 4 is 23.4 Å². The molecule has 2 amide bonds. The molecule has 24 heavy (non-hydrogen) atoms. The highest BCUT2D eigenvalue weighted by Gasteiger charge is 2.25. The number of nitrogens with zero attached hydrogens (tertiary/aromatic N) is 2. The number of nitrogens with one attached hydrogen (secondary N) is 2. The van der Waals surface area contributed by atoms with Gasteiger partial charge in [0.25, 0.3) is 0 Å². The first-order valence-electron chi connectivity index (χ1n) is 8.18. The SMILES string of the molecule is CC(CCC(=O)NC=O)n1c(=O)n(C)c2c(C3CNC3)cccc21. The van der Waals surface area contributed by atoms with Crippen molar-refractivity contribution in [1.82, 2.24) is 19.8 Å². The second kappa shape index (κ2) is 6.60. The predicted molar refractivity (Wildman–Crippen MR) is 90.9 cm³/mol. The Morgan fingerprint density at radius 1 is 1.46 bits per heavy atom. The van der Waals surface area contributed by atoms with E-state index in [1.807, 2.05) is 19.1 Å². The first-order valence-corrected chi connectivity index (χ1v) is 8.18. The fourth-order valence-electron chi connectivity index (χ4n) is 3.34. The van der Waals surface area contributed by atoms with E-state index in [1.165, 1.54) is 5.56 Å². The monoisotopic (exact) mass is 330 g/mol. The Balaban J connectivity index is 1.96. The molecule has 1 aromatic carbocycles. The van der Waals surface area contributed by atoms with E-state index in [4.69, 9.17) is 0 Å². The van der Waals surface area contributed by atoms with Crippen molar-refractivity contribution in [1.29, 1.82) is 0 Å². The third-order valence-corrected chi connectivity index (χ3v) is 4.81. The Morgan fingerprint density at radius 2 is 2.21 bits per heavy atom. The lowest BCUT2D eigenvalue weighted by Gasteiger charge is -2.28. The maximum atomic E-state index is 12.7. The van der Waals surface area contributed by atoms with Crippen molar-refractivity contribution < 1.29 is 9.59 Å². The Bertz CT molecular complexity index is 832. The second-order valence-corrected chi connectivity index (χ2v) is 6.35. The number of imide groups is 1. The van der Waals surface area contributed by atoms with Gasteiger partial charge < -0.3 is 5.32 Å². The number of para-hydroxylation sites is 1. The van der Waals surface area contributed by atoms with Crippen LogP contribution in [0.5, 0.6) is 0 Å². The van der Waals surface area contributed by atoms with Crippen LogP contribution in [-0.4, -0.2) is 34.5 Å². The maximum Gasteiger partial charge on any atom is 0.329 e. The molecule has 0 bridgehead atoms. The van der Waals surface area contributed by atoms with E-state index in [0.29, 0.717) is 18.7 Å². The van der Waals surface area contributed by atoms with E-state index in [0.717, 1.165) is 24.1 Å². The number of aromatic nitrogens is 2. The van der Waals surface area contributed by atoms with E-state index >= 15 is 0 Å². The number of fused-ring (bicyclic) bond motifs is 1. The van der Waals surface area contributed by atoms with E-state index in [2.05, 4.69) is 16.7 Å². The first kappa shape index (κ1) is 16.4. The standard InChI is InChI=1S/C17H22N4O3/c1-11(6-7-15(23)19-10-22)21-14-5-3-4-13(12-8-18-9-12)16(14)20(2)17(21)24/h3-5,10-12,18H,6-9H2,1-2H3,(H,19,22,23). The predicted octanol–water partition coefficient (Wildman–Crippen LogP) is 0.641. The summed E-state index contributed by atoms with van der Waals surface area (Å²) in [7, 11) is 1.79. The minimum atomic E-state index is -0.327. The Morgan fingerprint density at radius 3 is 2.83 bits per heavy atom. The molecule has 2 N–H and O–H groups in total. The van der Waals surface area contributed by atoms with Crippen LogP contribution in [0.1, 0.15) is 37.3 Å². The van der Waals surface area contributed by atoms with Crippen molar-refractivity contribution in [3.8, 4) is 0 Å². The number of carbonyl (C=O) groups excluding carboxylic acids is 2. The highest BCUT2D eigenvalue weighted by atomic mass is 16.2. The van der Waals surface area contributed by atoms with Gasteiger partial charge in [0.05, 0.1) is 11.0 Å². The van der Waals surface area contributed by atoms with Gasteiger partial charge >= 0.3 is 5.69 Å². The molecule has 1 unspecified atom stereocenters. The molecule has 1 aliphatic heterocycles. The number of benzene rings is 1. The van der Waals surface area contributed by atoms with Gasteiger partial charge in [-0.15, -0.1) is 0 Å². The topological polar surface area (TPSA) is 85.1 Å². The number of hydrogen-bond acceptors (Lipinski definition) is 4. The van der Waals surface area contributed by atoms with Crippen LogP contribution in [0, 0.1) is 0 Å². The summed E-state index contributed by atoms with van der Waals surface area (Å²) in [4.78, 5) is 34.5. The summed E-state index contributed by atoms with van der Waals surface area (Å²) < 4.78 is 3.45. The van der Waals surface area contributed by atoms with Gasteiger partial charge in [0.2, 0.25) is 12.3 Å². The molecule has 1 saturated heterocycles. The summed E-state index contributed by atoms with van der Waals surface area (Å²) in [6, 6.07) is 5.89. The van der Waals surface area contributed by atoms with E-state index in [9.17, 15) is 14.4 Å². The molecule has 1 aromatic heterocycles. The highest BCUT2D eigenvalue weighted by Crippen LogP contribution is 2.29. The lowest BCUT2D eigenvalue weighted by atomic mass is 9.92. The summed E-state index contributed by atoms with van der Waals surface area (Å²) in [6.07, 6.45) is 1.08. The van der Waals surface area contributed by atoms with E-state index in [-0.39, 0.29) is 24.1 Å². The van der Waals surface area contributed by atoms with Crippen LogP contribution in [0.4, 0.5) is 0 Å². The Hall–Kier alpha value is -2.41. The van der Waals surface area contributed by atoms with Gasteiger partial charge in [0, 0.05) is 38.5 Å². The number of rotatable bonds is 6. The van der Waals surface area contributed by atoms with Crippen molar-refractivity contribution in [2.75, 3.05) is 13.1 Å². The minimum Gasteiger partial charge on any atom is -0.315 e. The van der Waals surface area contributed by atoms with Gasteiger partial charge in [-0.05, 0) is 25.0 Å². The molecule has 0 aliphatic carbocycles. The van der Waals surface area contributed by atoms with Crippen LogP contribution in [0.3, 0.4) is 0 Å². The zero-order valence-corrected chi connectivity index (χ0v) is 13.9. The average molecular weight is 330 g/mol. The molecule has 1 fully saturated rings. The molecule has 2 heterocycles. The summed E-state index contributed by atoms with van der Waals surface area (Å²) in [5.41, 5.74) is 2.98. The number of aryl methyl sites for hydroxylation is 1. The van der Waals surface area contributed by atoms with Gasteiger partial charge in [-0.25, -0.2) is 4.79 Å². The van der Waals surface area contributed by atoms with Crippen molar-refractivity contribution in [2.45, 2.75) is 31.7 Å². The fourth-order valence-corrected chi connectivity index (χ4v) is 3.34. The number of imidazole rings is 1. The molecule has 7 nitrogen and oxygen atoms in total. The van der Waals surface area contributed by atoms with Crippen molar-refractivity contribution in [2.24, 2.45) is 7.05 Å². The largest absolute Gasteiger partial charge is 0.329 e. The molecule has 7 heteroatoms. The van der Waals surface area contributed by atoms with E-state index < -0.39 is 0 Å². The summed E-state index contributed by atoms with van der Waals surface area (Å²) in [6.45, 7) is 3.78. The average Bonchev–Trinajstić information content (AvgIpc) is 2.76. The fraction of sp³-hybridized carbons (Fsp3) is 0.471. The molecular formula is C17H22N4O3. The van der Waals surface area contributed by atoms with Gasteiger partial charge in [-0.3, -0.25) is 24.0 Å². The van der Waals surface area contributed by atoms with E-state index in [1.54, 1.807) is 16.2 Å². The van der Waals surface area contributed by atoms with Crippen LogP contribution in [0.25, 0.3) is 11.0 Å². The molecule has 0 spiro atoms. The molecule has 1 atom stereocenters. The molecule has 3 rings (SSSR count). The zero-order valence-electron chi connectivity index (χ0n) is 13.9. The smallest absolute Gasteiger partial charge is 0.315 e. The van der Waals surface area contributed by atoms with Crippen LogP contribution in [0.15, 0.2) is 23.0 Å². The van der Waals surface area contributed by atoms with Gasteiger partial charge in [0.15, 0.2) is 0 Å². The zero-order chi connectivity index (χ0) is 17.3. The minimum absolute atomic E-state index is 0.0759. The Labute approximate surface area is 139 Å². The number of hydrogen-bond donors (Lipinski definition) is 2. The first-order chi connectivity index (χ1) is 11.5. The molecule has 2 aromatic rings. The quantitative estimate of drug-likeness (QED) is 0.761. The summed E-state index contributed by atoms with van der Waals surface area (Å²) in [5.74, 6) is 0.107. The van der Waals surface area contributed by atoms with Crippen LogP contribution in [-0.2, 0) is 16.6 Å². The third-order valence-electron chi connectivity index (χ3n) is 4.81. The molecule has 1 aliphatic rings. The maximum absolute atomic E-state index is 12.7. The molecule has 0 saturated carbocycles. The van der Waals surface area contributed by atoms with Gasteiger partial charge in [0.1, 0.15) is 0 Å². The lowest BCUT2D eigenvalue weighted by Crippen LogP contribution is -2.40. The van der Waals surface area contributed by atoms with Crippen LogP contribution >= 0.6 is 0 Å². The third kappa shape index (κ3) is 2.75. The molecular weight excluding hydrogens is 308 g/mol. The van der Waals surface area contributed by atoms with Gasteiger partial charge in [-0.1, -0.05) is 12.1 Å². The highest BCUT2D eigenvalue weighted by molar-refractivity contribution is 5.85.